The Hall–Kier alpha value is -1.29. The molecule has 0 saturated carbocycles. The van der Waals surface area contributed by atoms with Gasteiger partial charge in [0.15, 0.2) is 6.10 Å². The van der Waals surface area contributed by atoms with Crippen molar-refractivity contribution in [1.29, 1.82) is 0 Å². The molecule has 4 heteroatoms. The summed E-state index contributed by atoms with van der Waals surface area (Å²) in [6, 6.07) is 5.52. The minimum Gasteiger partial charge on any atom is -0.379 e. The fraction of sp³-hybridized carbons (Fsp3) is 0.273. The molecule has 0 bridgehead atoms. The van der Waals surface area contributed by atoms with Crippen molar-refractivity contribution >= 4 is 5.57 Å². The van der Waals surface area contributed by atoms with Crippen molar-refractivity contribution in [2.24, 2.45) is 0 Å². The monoisotopic (exact) mass is 216 g/mol. The Morgan fingerprint density at radius 2 is 1.73 bits per heavy atom. The molecule has 0 fully saturated rings. The van der Waals surface area contributed by atoms with Crippen LogP contribution in [0.4, 0.5) is 13.2 Å². The number of rotatable bonds is 2. The third kappa shape index (κ3) is 2.83. The van der Waals surface area contributed by atoms with Crippen LogP contribution >= 0.6 is 0 Å². The molecular weight excluding hydrogens is 205 g/mol. The highest BCUT2D eigenvalue weighted by atomic mass is 19.4. The van der Waals surface area contributed by atoms with Gasteiger partial charge in [0.25, 0.3) is 0 Å². The first-order valence-corrected chi connectivity index (χ1v) is 4.33. The SMILES string of the molecule is C=C(C)c1ccc(C(O)C(F)(F)F)cc1. The van der Waals surface area contributed by atoms with Crippen LogP contribution in [0.25, 0.3) is 5.57 Å². The van der Waals surface area contributed by atoms with Crippen molar-refractivity contribution < 1.29 is 18.3 Å². The molecule has 0 aliphatic heterocycles. The number of allylic oxidation sites excluding steroid dienone is 1. The van der Waals surface area contributed by atoms with Gasteiger partial charge in [-0.15, -0.1) is 0 Å². The molecule has 0 amide bonds. The first kappa shape index (κ1) is 11.8. The summed E-state index contributed by atoms with van der Waals surface area (Å²) in [6.45, 7) is 5.42. The van der Waals surface area contributed by atoms with E-state index in [0.29, 0.717) is 0 Å². The summed E-state index contributed by atoms with van der Waals surface area (Å²) in [4.78, 5) is 0. The Morgan fingerprint density at radius 1 is 1.27 bits per heavy atom. The molecular formula is C11H11F3O. The van der Waals surface area contributed by atoms with Gasteiger partial charge in [0, 0.05) is 0 Å². The van der Waals surface area contributed by atoms with Crippen LogP contribution in [-0.2, 0) is 0 Å². The molecule has 0 radical (unpaired) electrons. The highest BCUT2D eigenvalue weighted by Gasteiger charge is 2.39. The van der Waals surface area contributed by atoms with Crippen LogP contribution in [0.3, 0.4) is 0 Å². The largest absolute Gasteiger partial charge is 0.418 e. The van der Waals surface area contributed by atoms with Gasteiger partial charge in [0.05, 0.1) is 0 Å². The van der Waals surface area contributed by atoms with E-state index < -0.39 is 12.3 Å². The molecule has 1 aromatic rings. The molecule has 1 N–H and O–H groups in total. The van der Waals surface area contributed by atoms with E-state index in [0.717, 1.165) is 11.1 Å². The van der Waals surface area contributed by atoms with Gasteiger partial charge >= 0.3 is 6.18 Å². The van der Waals surface area contributed by atoms with Gasteiger partial charge in [0.1, 0.15) is 0 Å². The number of alkyl halides is 3. The average molecular weight is 216 g/mol. The summed E-state index contributed by atoms with van der Waals surface area (Å²) in [5, 5.41) is 8.94. The average Bonchev–Trinajstić information content (AvgIpc) is 2.15. The molecule has 0 aromatic heterocycles. The van der Waals surface area contributed by atoms with Gasteiger partial charge in [-0.05, 0) is 18.1 Å². The van der Waals surface area contributed by atoms with Crippen LogP contribution < -0.4 is 0 Å². The predicted molar refractivity (Wildman–Crippen MR) is 52.2 cm³/mol. The van der Waals surface area contributed by atoms with Gasteiger partial charge in [-0.1, -0.05) is 36.4 Å². The fourth-order valence-corrected chi connectivity index (χ4v) is 1.14. The van der Waals surface area contributed by atoms with Crippen LogP contribution in [0.15, 0.2) is 30.8 Å². The van der Waals surface area contributed by atoms with Crippen LogP contribution in [0.5, 0.6) is 0 Å². The molecule has 0 heterocycles. The minimum atomic E-state index is -4.62. The lowest BCUT2D eigenvalue weighted by Gasteiger charge is -2.14. The van der Waals surface area contributed by atoms with Crippen LogP contribution in [0, 0.1) is 0 Å². The van der Waals surface area contributed by atoms with Crippen molar-refractivity contribution in [3.8, 4) is 0 Å². The highest BCUT2D eigenvalue weighted by molar-refractivity contribution is 5.61. The predicted octanol–water partition coefficient (Wildman–Crippen LogP) is 3.32. The molecule has 1 unspecified atom stereocenters. The maximum Gasteiger partial charge on any atom is 0.418 e. The number of hydrogen-bond donors (Lipinski definition) is 1. The van der Waals surface area contributed by atoms with Gasteiger partial charge in [0.2, 0.25) is 0 Å². The first-order chi connectivity index (χ1) is 6.82. The summed E-state index contributed by atoms with van der Waals surface area (Å²) in [7, 11) is 0. The van der Waals surface area contributed by atoms with E-state index >= 15 is 0 Å². The molecule has 82 valence electrons. The Morgan fingerprint density at radius 3 is 2.07 bits per heavy atom. The van der Waals surface area contributed by atoms with Crippen molar-refractivity contribution in [1.82, 2.24) is 0 Å². The van der Waals surface area contributed by atoms with E-state index in [1.165, 1.54) is 24.3 Å². The number of halogens is 3. The molecule has 0 aliphatic carbocycles. The zero-order valence-corrected chi connectivity index (χ0v) is 8.17. The topological polar surface area (TPSA) is 20.2 Å². The molecule has 0 spiro atoms. The van der Waals surface area contributed by atoms with E-state index in [4.69, 9.17) is 5.11 Å². The summed E-state index contributed by atoms with van der Waals surface area (Å²) < 4.78 is 36.4. The van der Waals surface area contributed by atoms with E-state index in [2.05, 4.69) is 6.58 Å². The second-order valence-electron chi connectivity index (χ2n) is 3.35. The summed E-state index contributed by atoms with van der Waals surface area (Å²) in [5.41, 5.74) is 1.36. The number of aliphatic hydroxyl groups is 1. The van der Waals surface area contributed by atoms with Crippen LogP contribution in [0.2, 0.25) is 0 Å². The van der Waals surface area contributed by atoms with E-state index in [9.17, 15) is 13.2 Å². The van der Waals surface area contributed by atoms with Gasteiger partial charge < -0.3 is 5.11 Å². The maximum absolute atomic E-state index is 12.1. The Kier molecular flexibility index (Phi) is 3.19. The first-order valence-electron chi connectivity index (χ1n) is 4.33. The number of hydrogen-bond acceptors (Lipinski definition) is 1. The van der Waals surface area contributed by atoms with Crippen molar-refractivity contribution in [3.05, 3.63) is 42.0 Å². The molecule has 15 heavy (non-hydrogen) atoms. The molecule has 1 rings (SSSR count). The van der Waals surface area contributed by atoms with Crippen LogP contribution in [0.1, 0.15) is 24.2 Å². The quantitative estimate of drug-likeness (QED) is 0.804. The number of aliphatic hydroxyl groups excluding tert-OH is 1. The Balaban J connectivity index is 2.94. The van der Waals surface area contributed by atoms with Gasteiger partial charge in [-0.3, -0.25) is 0 Å². The van der Waals surface area contributed by atoms with Crippen molar-refractivity contribution in [3.63, 3.8) is 0 Å². The normalized spacial score (nSPS) is 13.7. The summed E-state index contributed by atoms with van der Waals surface area (Å²) in [6.07, 6.45) is -7.04. The van der Waals surface area contributed by atoms with Crippen molar-refractivity contribution in [2.45, 2.75) is 19.2 Å². The lowest BCUT2D eigenvalue weighted by molar-refractivity contribution is -0.206. The second kappa shape index (κ2) is 4.06. The van der Waals surface area contributed by atoms with Crippen molar-refractivity contribution in [2.75, 3.05) is 0 Å². The second-order valence-corrected chi connectivity index (χ2v) is 3.35. The maximum atomic E-state index is 12.1. The fourth-order valence-electron chi connectivity index (χ4n) is 1.14. The standard InChI is InChI=1S/C11H11F3O/c1-7(2)8-3-5-9(6-4-8)10(15)11(12,13)14/h3-6,10,15H,1H2,2H3. The molecule has 1 nitrogen and oxygen atoms in total. The number of benzene rings is 1. The third-order valence-corrected chi connectivity index (χ3v) is 2.03. The van der Waals surface area contributed by atoms with E-state index in [-0.39, 0.29) is 5.56 Å². The van der Waals surface area contributed by atoms with Gasteiger partial charge in [-0.2, -0.15) is 13.2 Å². The lowest BCUT2D eigenvalue weighted by atomic mass is 10.0. The molecule has 1 aromatic carbocycles. The lowest BCUT2D eigenvalue weighted by Crippen LogP contribution is -2.20. The van der Waals surface area contributed by atoms with E-state index in [1.807, 2.05) is 0 Å². The highest BCUT2D eigenvalue weighted by Crippen LogP contribution is 2.32. The zero-order valence-electron chi connectivity index (χ0n) is 8.17. The Bertz CT molecular complexity index is 351. The van der Waals surface area contributed by atoms with E-state index in [1.54, 1.807) is 6.92 Å². The summed E-state index contributed by atoms with van der Waals surface area (Å²) in [5.74, 6) is 0. The van der Waals surface area contributed by atoms with Crippen LogP contribution in [-0.4, -0.2) is 11.3 Å². The van der Waals surface area contributed by atoms with Gasteiger partial charge in [-0.25, -0.2) is 0 Å². The summed E-state index contributed by atoms with van der Waals surface area (Å²) >= 11 is 0. The molecule has 0 saturated heterocycles. The Labute approximate surface area is 85.9 Å². The molecule has 1 atom stereocenters. The molecule has 0 aliphatic rings. The third-order valence-electron chi connectivity index (χ3n) is 2.03. The minimum absolute atomic E-state index is 0.160. The smallest absolute Gasteiger partial charge is 0.379 e. The zero-order chi connectivity index (χ0) is 11.6.